The first-order valence-electron chi connectivity index (χ1n) is 10.2. The van der Waals surface area contributed by atoms with Crippen LogP contribution in [0.1, 0.15) is 39.1 Å². The summed E-state index contributed by atoms with van der Waals surface area (Å²) in [6.45, 7) is 13.8. The Balaban J connectivity index is 0.000000687. The van der Waals surface area contributed by atoms with Crippen LogP contribution in [0, 0.1) is 12.8 Å². The molecule has 2 heterocycles. The fraction of sp³-hybridized carbons (Fsp3) is 0.478. The van der Waals surface area contributed by atoms with Crippen molar-refractivity contribution >= 4 is 23.0 Å². The summed E-state index contributed by atoms with van der Waals surface area (Å²) in [5.74, 6) is 1.84. The van der Waals surface area contributed by atoms with Gasteiger partial charge in [-0.2, -0.15) is 0 Å². The normalized spacial score (nSPS) is 11.2. The van der Waals surface area contributed by atoms with Crippen LogP contribution in [-0.4, -0.2) is 45.6 Å². The quantitative estimate of drug-likeness (QED) is 0.363. The minimum atomic E-state index is 0.763. The number of ether oxygens (including phenoxy) is 1. The molecule has 0 saturated heterocycles. The molecule has 0 aliphatic heterocycles. The molecule has 2 aromatic heterocycles. The van der Waals surface area contributed by atoms with Crippen LogP contribution < -0.4 is 0 Å². The first-order valence-corrected chi connectivity index (χ1v) is 11.0. The summed E-state index contributed by atoms with van der Waals surface area (Å²) in [7, 11) is 2.09. The van der Waals surface area contributed by atoms with E-state index in [-0.39, 0.29) is 0 Å². The van der Waals surface area contributed by atoms with Gasteiger partial charge in [0.15, 0.2) is 0 Å². The van der Waals surface area contributed by atoms with Crippen molar-refractivity contribution in [2.45, 2.75) is 46.1 Å². The maximum absolute atomic E-state index is 5.40. The Labute approximate surface area is 179 Å². The summed E-state index contributed by atoms with van der Waals surface area (Å²) < 4.78 is 9.80. The molecule has 0 unspecified atom stereocenters. The van der Waals surface area contributed by atoms with E-state index in [1.54, 1.807) is 18.1 Å². The molecule has 0 aliphatic rings. The zero-order chi connectivity index (χ0) is 21.2. The third kappa shape index (κ3) is 7.80. The Hall–Kier alpha value is -1.89. The highest BCUT2D eigenvalue weighted by molar-refractivity contribution is 7.97. The molecule has 158 valence electrons. The van der Waals surface area contributed by atoms with Crippen molar-refractivity contribution in [1.82, 2.24) is 18.8 Å². The number of hydrogen-bond acceptors (Lipinski definition) is 5. The molecule has 0 aliphatic carbocycles. The van der Waals surface area contributed by atoms with Crippen molar-refractivity contribution < 1.29 is 4.74 Å². The number of rotatable bonds is 8. The van der Waals surface area contributed by atoms with Crippen molar-refractivity contribution in [3.8, 4) is 0 Å². The summed E-state index contributed by atoms with van der Waals surface area (Å²) in [4.78, 5) is 10.1. The van der Waals surface area contributed by atoms with E-state index in [9.17, 15) is 0 Å². The summed E-state index contributed by atoms with van der Waals surface area (Å²) >= 11 is 1.74. The Kier molecular flexibility index (Phi) is 9.64. The van der Waals surface area contributed by atoms with Crippen LogP contribution in [0.2, 0.25) is 0 Å². The highest BCUT2D eigenvalue weighted by Crippen LogP contribution is 2.22. The zero-order valence-electron chi connectivity index (χ0n) is 18.6. The van der Waals surface area contributed by atoms with E-state index in [0.29, 0.717) is 0 Å². The molecule has 29 heavy (non-hydrogen) atoms. The van der Waals surface area contributed by atoms with Crippen LogP contribution in [0.15, 0.2) is 47.6 Å². The second-order valence-electron chi connectivity index (χ2n) is 7.63. The van der Waals surface area contributed by atoms with Gasteiger partial charge in [-0.25, -0.2) is 9.29 Å². The Bertz CT molecular complexity index is 858. The second-order valence-corrected chi connectivity index (χ2v) is 8.90. The van der Waals surface area contributed by atoms with Gasteiger partial charge in [-0.3, -0.25) is 4.98 Å². The van der Waals surface area contributed by atoms with Crippen LogP contribution in [0.3, 0.4) is 0 Å². The van der Waals surface area contributed by atoms with Gasteiger partial charge in [0.25, 0.3) is 0 Å². The van der Waals surface area contributed by atoms with Gasteiger partial charge >= 0.3 is 0 Å². The molecule has 0 fully saturated rings. The first-order chi connectivity index (χ1) is 13.9. The summed E-state index contributed by atoms with van der Waals surface area (Å²) in [5.41, 5.74) is 3.33. The Morgan fingerprint density at radius 2 is 1.83 bits per heavy atom. The van der Waals surface area contributed by atoms with Crippen LogP contribution in [0.5, 0.6) is 0 Å². The molecule has 0 N–H and O–H groups in total. The Morgan fingerprint density at radius 1 is 1.14 bits per heavy atom. The molecule has 0 bridgehead atoms. The molecule has 3 aromatic rings. The van der Waals surface area contributed by atoms with Crippen LogP contribution >= 0.6 is 11.9 Å². The predicted molar refractivity (Wildman–Crippen MR) is 123 cm³/mol. The van der Waals surface area contributed by atoms with Gasteiger partial charge < -0.3 is 9.30 Å². The SMILES string of the molecule is CC(C)C.CCOCCN(C)Sc1ccc(Cn2c(C)nc3ccncc32)cc1. The number of benzene rings is 1. The third-order valence-corrected chi connectivity index (χ3v) is 5.00. The van der Waals surface area contributed by atoms with Crippen molar-refractivity contribution in [1.29, 1.82) is 0 Å². The molecule has 1 aromatic carbocycles. The fourth-order valence-corrected chi connectivity index (χ4v) is 3.47. The molecule has 5 nitrogen and oxygen atoms in total. The van der Waals surface area contributed by atoms with Gasteiger partial charge in [-0.15, -0.1) is 0 Å². The molecule has 3 rings (SSSR count). The molecule has 0 radical (unpaired) electrons. The minimum absolute atomic E-state index is 0.763. The van der Waals surface area contributed by atoms with E-state index in [2.05, 4.69) is 70.9 Å². The first kappa shape index (κ1) is 23.4. The zero-order valence-corrected chi connectivity index (χ0v) is 19.4. The molecule has 0 atom stereocenters. The largest absolute Gasteiger partial charge is 0.380 e. The molecule has 0 amide bonds. The molecular weight excluding hydrogens is 380 g/mol. The standard InChI is InChI=1S/C19H24N4OS.C4H10/c1-4-24-12-11-22(3)25-17-7-5-16(6-8-17)14-23-15(2)21-18-9-10-20-13-19(18)23;1-4(2)3/h5-10,13H,4,11-12,14H2,1-3H3;4H,1-3H3. The third-order valence-electron chi connectivity index (χ3n) is 4.02. The molecular formula is C23H34N4OS. The second kappa shape index (κ2) is 12.0. The fourth-order valence-electron chi connectivity index (χ4n) is 2.69. The Morgan fingerprint density at radius 3 is 2.48 bits per heavy atom. The van der Waals surface area contributed by atoms with Crippen LogP contribution in [-0.2, 0) is 11.3 Å². The minimum Gasteiger partial charge on any atom is -0.380 e. The smallest absolute Gasteiger partial charge is 0.107 e. The number of aryl methyl sites for hydroxylation is 1. The highest BCUT2D eigenvalue weighted by Gasteiger charge is 2.08. The van der Waals surface area contributed by atoms with E-state index in [1.165, 1.54) is 10.5 Å². The number of nitrogens with zero attached hydrogens (tertiary/aromatic N) is 4. The summed E-state index contributed by atoms with van der Waals surface area (Å²) in [5, 5.41) is 0. The lowest BCUT2D eigenvalue weighted by Gasteiger charge is -2.15. The number of hydrogen-bond donors (Lipinski definition) is 0. The van der Waals surface area contributed by atoms with Crippen molar-refractivity contribution in [2.24, 2.45) is 5.92 Å². The van der Waals surface area contributed by atoms with Gasteiger partial charge in [-0.05, 0) is 62.5 Å². The van der Waals surface area contributed by atoms with Crippen LogP contribution in [0.25, 0.3) is 11.0 Å². The van der Waals surface area contributed by atoms with E-state index >= 15 is 0 Å². The summed E-state index contributed by atoms with van der Waals surface area (Å²) in [6.07, 6.45) is 3.67. The average Bonchev–Trinajstić information content (AvgIpc) is 2.98. The molecule has 6 heteroatoms. The van der Waals surface area contributed by atoms with Gasteiger partial charge in [-0.1, -0.05) is 32.9 Å². The van der Waals surface area contributed by atoms with Gasteiger partial charge in [0.1, 0.15) is 5.82 Å². The van der Waals surface area contributed by atoms with Gasteiger partial charge in [0.05, 0.1) is 23.8 Å². The number of aromatic nitrogens is 3. The maximum atomic E-state index is 5.40. The van der Waals surface area contributed by atoms with E-state index in [0.717, 1.165) is 49.1 Å². The lowest BCUT2D eigenvalue weighted by molar-refractivity contribution is 0.140. The van der Waals surface area contributed by atoms with Crippen molar-refractivity contribution in [3.05, 3.63) is 54.1 Å². The summed E-state index contributed by atoms with van der Waals surface area (Å²) in [6, 6.07) is 10.7. The van der Waals surface area contributed by atoms with E-state index < -0.39 is 0 Å². The maximum Gasteiger partial charge on any atom is 0.107 e. The lowest BCUT2D eigenvalue weighted by Crippen LogP contribution is -2.15. The predicted octanol–water partition coefficient (Wildman–Crippen LogP) is 5.43. The lowest BCUT2D eigenvalue weighted by atomic mass is 10.2. The van der Waals surface area contributed by atoms with Crippen molar-refractivity contribution in [3.63, 3.8) is 0 Å². The van der Waals surface area contributed by atoms with Gasteiger partial charge in [0, 0.05) is 30.8 Å². The van der Waals surface area contributed by atoms with Crippen LogP contribution in [0.4, 0.5) is 0 Å². The highest BCUT2D eigenvalue weighted by atomic mass is 32.2. The average molecular weight is 415 g/mol. The number of likely N-dealkylation sites (N-methyl/N-ethyl adjacent to an activating group) is 1. The van der Waals surface area contributed by atoms with E-state index in [4.69, 9.17) is 4.74 Å². The van der Waals surface area contributed by atoms with Gasteiger partial charge in [0.2, 0.25) is 0 Å². The molecule has 0 saturated carbocycles. The molecule has 0 spiro atoms. The monoisotopic (exact) mass is 414 g/mol. The number of imidazole rings is 1. The number of pyridine rings is 1. The topological polar surface area (TPSA) is 43.2 Å². The van der Waals surface area contributed by atoms with E-state index in [1.807, 2.05) is 26.1 Å². The van der Waals surface area contributed by atoms with Crippen molar-refractivity contribution in [2.75, 3.05) is 26.8 Å². The number of fused-ring (bicyclic) bond motifs is 1.